The fraction of sp³-hybridized carbons (Fsp3) is 0.435. The molecule has 2 aromatic carbocycles. The monoisotopic (exact) mass is 382 g/mol. The highest BCUT2D eigenvalue weighted by atomic mass is 19.1. The van der Waals surface area contributed by atoms with Gasteiger partial charge in [0, 0.05) is 6.54 Å². The third-order valence-electron chi connectivity index (χ3n) is 6.37. The Morgan fingerprint density at radius 2 is 1.61 bits per heavy atom. The third-order valence-corrected chi connectivity index (χ3v) is 6.37. The zero-order valence-corrected chi connectivity index (χ0v) is 16.2. The van der Waals surface area contributed by atoms with Gasteiger partial charge in [-0.05, 0) is 80.6 Å². The van der Waals surface area contributed by atoms with E-state index in [0.717, 1.165) is 44.5 Å². The van der Waals surface area contributed by atoms with Crippen LogP contribution in [0.4, 0.5) is 4.39 Å². The molecule has 2 atom stereocenters. The van der Waals surface area contributed by atoms with Gasteiger partial charge in [0.1, 0.15) is 11.6 Å². The van der Waals surface area contributed by atoms with E-state index < -0.39 is 0 Å². The first kappa shape index (κ1) is 18.9. The van der Waals surface area contributed by atoms with Gasteiger partial charge in [-0.2, -0.15) is 0 Å². The number of hydrogen-bond donors (Lipinski definition) is 1. The topological polar surface area (TPSA) is 43.8 Å². The van der Waals surface area contributed by atoms with Gasteiger partial charge < -0.3 is 10.0 Å². The minimum Gasteiger partial charge on any atom is -0.508 e. The van der Waals surface area contributed by atoms with Crippen molar-refractivity contribution in [1.29, 1.82) is 0 Å². The quantitative estimate of drug-likeness (QED) is 0.867. The molecule has 0 saturated carbocycles. The molecule has 2 saturated heterocycles. The molecule has 4 nitrogen and oxygen atoms in total. The maximum absolute atomic E-state index is 13.2. The zero-order chi connectivity index (χ0) is 19.7. The Balaban J connectivity index is 1.36. The summed E-state index contributed by atoms with van der Waals surface area (Å²) < 4.78 is 13.2. The largest absolute Gasteiger partial charge is 0.508 e. The van der Waals surface area contributed by atoms with Crippen molar-refractivity contribution in [3.05, 3.63) is 65.5 Å². The van der Waals surface area contributed by atoms with Gasteiger partial charge in [0.15, 0.2) is 0 Å². The van der Waals surface area contributed by atoms with Crippen LogP contribution in [0, 0.1) is 5.82 Å². The highest BCUT2D eigenvalue weighted by Crippen LogP contribution is 2.33. The average molecular weight is 382 g/mol. The number of benzene rings is 2. The number of phenols is 1. The molecule has 148 valence electrons. The van der Waals surface area contributed by atoms with Gasteiger partial charge >= 0.3 is 0 Å². The number of hydrogen-bond acceptors (Lipinski definition) is 3. The first-order chi connectivity index (χ1) is 13.5. The lowest BCUT2D eigenvalue weighted by Crippen LogP contribution is -2.45. The number of carbonyl (C=O) groups is 1. The van der Waals surface area contributed by atoms with Crippen molar-refractivity contribution < 1.29 is 14.3 Å². The van der Waals surface area contributed by atoms with E-state index in [-0.39, 0.29) is 23.8 Å². The van der Waals surface area contributed by atoms with Crippen molar-refractivity contribution >= 4 is 5.91 Å². The van der Waals surface area contributed by atoms with Crippen molar-refractivity contribution in [3.8, 4) is 5.75 Å². The molecule has 4 rings (SSSR count). The van der Waals surface area contributed by atoms with Crippen LogP contribution in [0.5, 0.6) is 5.75 Å². The number of halogens is 1. The number of nitrogens with zero attached hydrogens (tertiary/aromatic N) is 2. The van der Waals surface area contributed by atoms with Crippen LogP contribution in [0.1, 0.15) is 49.3 Å². The molecule has 2 fully saturated rings. The molecule has 2 aromatic rings. The van der Waals surface area contributed by atoms with Crippen LogP contribution >= 0.6 is 0 Å². The summed E-state index contributed by atoms with van der Waals surface area (Å²) in [5.41, 5.74) is 2.24. The van der Waals surface area contributed by atoms with Crippen LogP contribution in [0.3, 0.4) is 0 Å². The molecule has 1 N–H and O–H groups in total. The molecule has 0 unspecified atom stereocenters. The molecular formula is C23H27FN2O2. The van der Waals surface area contributed by atoms with E-state index >= 15 is 0 Å². The van der Waals surface area contributed by atoms with Gasteiger partial charge in [0.2, 0.25) is 5.91 Å². The SMILES string of the molecule is C[C@@H](c1ccc(F)cc1)N1CC[C@@H](N2CCC(c3ccc(O)cc3)CC2)C1=O. The second-order valence-electron chi connectivity index (χ2n) is 7.97. The molecule has 2 aliphatic heterocycles. The van der Waals surface area contributed by atoms with Crippen molar-refractivity contribution in [2.45, 2.75) is 44.2 Å². The maximum atomic E-state index is 13.2. The Hall–Kier alpha value is -2.40. The summed E-state index contributed by atoms with van der Waals surface area (Å²) in [6, 6.07) is 13.9. The molecule has 28 heavy (non-hydrogen) atoms. The van der Waals surface area contributed by atoms with Gasteiger partial charge in [0.05, 0.1) is 12.1 Å². The zero-order valence-electron chi connectivity index (χ0n) is 16.2. The second kappa shape index (κ2) is 7.92. The maximum Gasteiger partial charge on any atom is 0.240 e. The summed E-state index contributed by atoms with van der Waals surface area (Å²) in [6.07, 6.45) is 2.92. The van der Waals surface area contributed by atoms with E-state index in [1.807, 2.05) is 24.0 Å². The average Bonchev–Trinajstić information content (AvgIpc) is 3.10. The Morgan fingerprint density at radius 1 is 0.964 bits per heavy atom. The van der Waals surface area contributed by atoms with Crippen molar-refractivity contribution in [3.63, 3.8) is 0 Å². The van der Waals surface area contributed by atoms with Crippen molar-refractivity contribution in [2.24, 2.45) is 0 Å². The van der Waals surface area contributed by atoms with E-state index in [0.29, 0.717) is 11.7 Å². The number of phenolic OH excluding ortho intramolecular Hbond substituents is 1. The highest BCUT2D eigenvalue weighted by Gasteiger charge is 2.39. The first-order valence-electron chi connectivity index (χ1n) is 10.1. The van der Waals surface area contributed by atoms with Crippen LogP contribution in [-0.2, 0) is 4.79 Å². The Kier molecular flexibility index (Phi) is 5.36. The van der Waals surface area contributed by atoms with E-state index in [1.165, 1.54) is 17.7 Å². The van der Waals surface area contributed by atoms with Crippen LogP contribution in [0.2, 0.25) is 0 Å². The number of rotatable bonds is 4. The molecule has 0 radical (unpaired) electrons. The lowest BCUT2D eigenvalue weighted by Gasteiger charge is -2.35. The van der Waals surface area contributed by atoms with Gasteiger partial charge in [-0.3, -0.25) is 9.69 Å². The lowest BCUT2D eigenvalue weighted by molar-refractivity contribution is -0.134. The van der Waals surface area contributed by atoms with Gasteiger partial charge in [-0.1, -0.05) is 24.3 Å². The van der Waals surface area contributed by atoms with Crippen LogP contribution in [0.15, 0.2) is 48.5 Å². The number of carbonyl (C=O) groups excluding carboxylic acids is 1. The molecule has 0 aliphatic carbocycles. The number of piperidine rings is 1. The van der Waals surface area contributed by atoms with Crippen LogP contribution < -0.4 is 0 Å². The summed E-state index contributed by atoms with van der Waals surface area (Å²) >= 11 is 0. The summed E-state index contributed by atoms with van der Waals surface area (Å²) in [4.78, 5) is 17.3. The Morgan fingerprint density at radius 3 is 2.25 bits per heavy atom. The fourth-order valence-electron chi connectivity index (χ4n) is 4.62. The van der Waals surface area contributed by atoms with Gasteiger partial charge in [-0.15, -0.1) is 0 Å². The molecule has 2 aliphatic rings. The third kappa shape index (κ3) is 3.76. The van der Waals surface area contributed by atoms with Gasteiger partial charge in [-0.25, -0.2) is 4.39 Å². The minimum absolute atomic E-state index is 0.0346. The molecular weight excluding hydrogens is 355 g/mol. The van der Waals surface area contributed by atoms with Crippen LogP contribution in [0.25, 0.3) is 0 Å². The normalized spacial score (nSPS) is 22.6. The van der Waals surface area contributed by atoms with E-state index in [1.54, 1.807) is 24.3 Å². The first-order valence-corrected chi connectivity index (χ1v) is 10.1. The minimum atomic E-state index is -0.252. The van der Waals surface area contributed by atoms with Crippen molar-refractivity contribution in [2.75, 3.05) is 19.6 Å². The number of amides is 1. The summed E-state index contributed by atoms with van der Waals surface area (Å²) in [6.45, 7) is 4.60. The molecule has 5 heteroatoms. The van der Waals surface area contributed by atoms with Gasteiger partial charge in [0.25, 0.3) is 0 Å². The summed E-state index contributed by atoms with van der Waals surface area (Å²) in [5, 5.41) is 9.47. The van der Waals surface area contributed by atoms with E-state index in [2.05, 4.69) is 4.90 Å². The standard InChI is InChI=1S/C23H27FN2O2/c1-16(17-2-6-20(24)7-3-17)26-15-12-22(23(26)28)25-13-10-19(11-14-25)18-4-8-21(27)9-5-18/h2-9,16,19,22,27H,10-15H2,1H3/t16-,22+/m0/s1. The predicted octanol–water partition coefficient (Wildman–Crippen LogP) is 4.07. The second-order valence-corrected chi connectivity index (χ2v) is 7.97. The molecule has 2 heterocycles. The number of aromatic hydroxyl groups is 1. The van der Waals surface area contributed by atoms with E-state index in [9.17, 15) is 14.3 Å². The van der Waals surface area contributed by atoms with E-state index in [4.69, 9.17) is 0 Å². The highest BCUT2D eigenvalue weighted by molar-refractivity contribution is 5.84. The molecule has 0 spiro atoms. The number of likely N-dealkylation sites (tertiary alicyclic amines) is 2. The predicted molar refractivity (Wildman–Crippen MR) is 107 cm³/mol. The smallest absolute Gasteiger partial charge is 0.240 e. The van der Waals surface area contributed by atoms with Crippen LogP contribution in [-0.4, -0.2) is 46.5 Å². The Bertz CT molecular complexity index is 814. The lowest BCUT2D eigenvalue weighted by atomic mass is 9.89. The Labute approximate surface area is 165 Å². The molecule has 1 amide bonds. The molecule has 0 bridgehead atoms. The van der Waals surface area contributed by atoms with Crippen molar-refractivity contribution in [1.82, 2.24) is 9.80 Å². The summed E-state index contributed by atoms with van der Waals surface area (Å²) in [5.74, 6) is 0.730. The molecule has 0 aromatic heterocycles. The summed E-state index contributed by atoms with van der Waals surface area (Å²) in [7, 11) is 0. The fourth-order valence-corrected chi connectivity index (χ4v) is 4.62.